The summed E-state index contributed by atoms with van der Waals surface area (Å²) in [7, 11) is 0. The number of benzene rings is 1. The van der Waals surface area contributed by atoms with Crippen molar-refractivity contribution in [1.29, 1.82) is 0 Å². The van der Waals surface area contributed by atoms with E-state index in [9.17, 15) is 22.8 Å². The van der Waals surface area contributed by atoms with Crippen molar-refractivity contribution < 1.29 is 22.8 Å². The number of rotatable bonds is 3. The number of hydrogen-bond acceptors (Lipinski definition) is 3. The maximum Gasteiger partial charge on any atom is 0.471 e. The minimum Gasteiger partial charge on any atom is -0.322 e. The second-order valence-electron chi connectivity index (χ2n) is 4.22. The number of amides is 2. The third-order valence-electron chi connectivity index (χ3n) is 2.58. The molecule has 0 radical (unpaired) electrons. The van der Waals surface area contributed by atoms with Crippen LogP contribution in [0, 0.1) is 0 Å². The van der Waals surface area contributed by atoms with E-state index in [0.29, 0.717) is 5.56 Å². The first-order chi connectivity index (χ1) is 10.4. The predicted molar refractivity (Wildman–Crippen MR) is 73.3 cm³/mol. The lowest BCUT2D eigenvalue weighted by atomic mass is 10.2. The Kier molecular flexibility index (Phi) is 4.40. The number of alkyl halides is 3. The van der Waals surface area contributed by atoms with Gasteiger partial charge >= 0.3 is 12.1 Å². The van der Waals surface area contributed by atoms with Gasteiger partial charge in [0.25, 0.3) is 5.91 Å². The summed E-state index contributed by atoms with van der Waals surface area (Å²) < 4.78 is 36.5. The summed E-state index contributed by atoms with van der Waals surface area (Å²) in [6.07, 6.45) is -2.10. The number of anilines is 2. The first-order valence-electron chi connectivity index (χ1n) is 6.06. The normalized spacial score (nSPS) is 10.9. The second kappa shape index (κ2) is 6.25. The molecule has 0 spiro atoms. The van der Waals surface area contributed by atoms with Crippen molar-refractivity contribution in [3.63, 3.8) is 0 Å². The van der Waals surface area contributed by atoms with Gasteiger partial charge in [0.1, 0.15) is 0 Å². The smallest absolute Gasteiger partial charge is 0.322 e. The molecule has 5 nitrogen and oxygen atoms in total. The quantitative estimate of drug-likeness (QED) is 0.916. The standard InChI is InChI=1S/C14H10F3N3O2/c15-14(16,17)13(22)20-11-3-1-2-10(8-11)19-12(21)9-4-6-18-7-5-9/h1-8H,(H,19,21)(H,20,22). The zero-order chi connectivity index (χ0) is 16.2. The number of pyridine rings is 1. The van der Waals surface area contributed by atoms with E-state index in [1.54, 1.807) is 5.32 Å². The van der Waals surface area contributed by atoms with Crippen LogP contribution in [-0.4, -0.2) is 23.0 Å². The van der Waals surface area contributed by atoms with Crippen molar-refractivity contribution in [3.8, 4) is 0 Å². The van der Waals surface area contributed by atoms with Crippen molar-refractivity contribution in [2.75, 3.05) is 10.6 Å². The lowest BCUT2D eigenvalue weighted by Gasteiger charge is -2.10. The van der Waals surface area contributed by atoms with Crippen LogP contribution in [0.2, 0.25) is 0 Å². The average molecular weight is 309 g/mol. The van der Waals surface area contributed by atoms with E-state index < -0.39 is 18.0 Å². The van der Waals surface area contributed by atoms with Crippen LogP contribution in [0.1, 0.15) is 10.4 Å². The van der Waals surface area contributed by atoms with E-state index in [1.165, 1.54) is 48.8 Å². The van der Waals surface area contributed by atoms with Crippen LogP contribution in [0.5, 0.6) is 0 Å². The highest BCUT2D eigenvalue weighted by atomic mass is 19.4. The van der Waals surface area contributed by atoms with Crippen molar-refractivity contribution in [2.24, 2.45) is 0 Å². The Morgan fingerprint density at radius 2 is 1.55 bits per heavy atom. The fourth-order valence-corrected chi connectivity index (χ4v) is 1.58. The fourth-order valence-electron chi connectivity index (χ4n) is 1.58. The molecule has 8 heteroatoms. The maximum atomic E-state index is 12.2. The highest BCUT2D eigenvalue weighted by Crippen LogP contribution is 2.20. The molecule has 1 heterocycles. The molecule has 114 valence electrons. The molecule has 22 heavy (non-hydrogen) atoms. The summed E-state index contributed by atoms with van der Waals surface area (Å²) in [4.78, 5) is 26.5. The zero-order valence-corrected chi connectivity index (χ0v) is 11.0. The Morgan fingerprint density at radius 1 is 0.955 bits per heavy atom. The molecule has 2 aromatic rings. The molecule has 0 atom stereocenters. The molecule has 0 fully saturated rings. The SMILES string of the molecule is O=C(Nc1cccc(NC(=O)C(F)(F)F)c1)c1ccncc1. The van der Waals surface area contributed by atoms with E-state index in [4.69, 9.17) is 0 Å². The molecule has 0 saturated heterocycles. The first kappa shape index (κ1) is 15.5. The molecular formula is C14H10F3N3O2. The van der Waals surface area contributed by atoms with Crippen LogP contribution in [0.25, 0.3) is 0 Å². The summed E-state index contributed by atoms with van der Waals surface area (Å²) in [5.41, 5.74) is 0.524. The van der Waals surface area contributed by atoms with Gasteiger partial charge in [-0.25, -0.2) is 0 Å². The molecule has 1 aromatic carbocycles. The van der Waals surface area contributed by atoms with Crippen LogP contribution in [0.4, 0.5) is 24.5 Å². The van der Waals surface area contributed by atoms with Crippen LogP contribution in [0.3, 0.4) is 0 Å². The van der Waals surface area contributed by atoms with Crippen molar-refractivity contribution in [3.05, 3.63) is 54.4 Å². The fraction of sp³-hybridized carbons (Fsp3) is 0.0714. The number of hydrogen-bond donors (Lipinski definition) is 2. The minimum atomic E-state index is -4.98. The van der Waals surface area contributed by atoms with Crippen LogP contribution < -0.4 is 10.6 Å². The monoisotopic (exact) mass is 309 g/mol. The lowest BCUT2D eigenvalue weighted by Crippen LogP contribution is -2.29. The van der Waals surface area contributed by atoms with E-state index >= 15 is 0 Å². The first-order valence-corrected chi connectivity index (χ1v) is 6.06. The van der Waals surface area contributed by atoms with Gasteiger partial charge in [0.2, 0.25) is 0 Å². The molecule has 0 unspecified atom stereocenters. The molecule has 0 aliphatic carbocycles. The summed E-state index contributed by atoms with van der Waals surface area (Å²) in [5, 5.41) is 4.22. The van der Waals surface area contributed by atoms with Gasteiger partial charge in [-0.2, -0.15) is 13.2 Å². The van der Waals surface area contributed by atoms with Gasteiger partial charge in [0, 0.05) is 29.3 Å². The van der Waals surface area contributed by atoms with Gasteiger partial charge in [0.15, 0.2) is 0 Å². The van der Waals surface area contributed by atoms with E-state index in [1.807, 2.05) is 0 Å². The Balaban J connectivity index is 2.09. The van der Waals surface area contributed by atoms with Gasteiger partial charge < -0.3 is 10.6 Å². The molecule has 0 bridgehead atoms. The van der Waals surface area contributed by atoms with Crippen LogP contribution >= 0.6 is 0 Å². The van der Waals surface area contributed by atoms with E-state index in [-0.39, 0.29) is 11.4 Å². The summed E-state index contributed by atoms with van der Waals surface area (Å²) in [6, 6.07) is 8.39. The van der Waals surface area contributed by atoms with Crippen LogP contribution in [0.15, 0.2) is 48.8 Å². The van der Waals surface area contributed by atoms with Crippen molar-refractivity contribution >= 4 is 23.2 Å². The highest BCUT2D eigenvalue weighted by molar-refractivity contribution is 6.04. The lowest BCUT2D eigenvalue weighted by molar-refractivity contribution is -0.167. The Hall–Kier alpha value is -2.90. The molecule has 0 saturated carbocycles. The number of nitrogens with zero attached hydrogens (tertiary/aromatic N) is 1. The van der Waals surface area contributed by atoms with Gasteiger partial charge in [-0.05, 0) is 30.3 Å². The van der Waals surface area contributed by atoms with Gasteiger partial charge in [0.05, 0.1) is 0 Å². The van der Waals surface area contributed by atoms with Crippen molar-refractivity contribution in [1.82, 2.24) is 4.98 Å². The maximum absolute atomic E-state index is 12.2. The highest BCUT2D eigenvalue weighted by Gasteiger charge is 2.38. The van der Waals surface area contributed by atoms with Gasteiger partial charge in [-0.15, -0.1) is 0 Å². The summed E-state index contributed by atoms with van der Waals surface area (Å²) in [6.45, 7) is 0. The Morgan fingerprint density at radius 3 is 2.14 bits per heavy atom. The zero-order valence-electron chi connectivity index (χ0n) is 11.0. The van der Waals surface area contributed by atoms with Gasteiger partial charge in [-0.1, -0.05) is 6.07 Å². The minimum absolute atomic E-state index is 0.0742. The number of carbonyl (C=O) groups is 2. The second-order valence-corrected chi connectivity index (χ2v) is 4.22. The van der Waals surface area contributed by atoms with Gasteiger partial charge in [-0.3, -0.25) is 14.6 Å². The summed E-state index contributed by atoms with van der Waals surface area (Å²) >= 11 is 0. The van der Waals surface area contributed by atoms with Crippen LogP contribution in [-0.2, 0) is 4.79 Å². The molecule has 0 aliphatic rings. The predicted octanol–water partition coefficient (Wildman–Crippen LogP) is 2.83. The Bertz CT molecular complexity index is 687. The van der Waals surface area contributed by atoms with E-state index in [2.05, 4.69) is 10.3 Å². The topological polar surface area (TPSA) is 71.1 Å². The third-order valence-corrected chi connectivity index (χ3v) is 2.58. The average Bonchev–Trinajstić information content (AvgIpc) is 2.47. The number of nitrogens with one attached hydrogen (secondary N) is 2. The van der Waals surface area contributed by atoms with E-state index in [0.717, 1.165) is 0 Å². The number of halogens is 3. The summed E-state index contributed by atoms with van der Waals surface area (Å²) in [5.74, 6) is -2.52. The molecule has 1 aromatic heterocycles. The molecule has 2 amide bonds. The largest absolute Gasteiger partial charge is 0.471 e. The third kappa shape index (κ3) is 4.05. The molecule has 2 rings (SSSR count). The molecule has 2 N–H and O–H groups in total. The van der Waals surface area contributed by atoms with Crippen molar-refractivity contribution in [2.45, 2.75) is 6.18 Å². The molecular weight excluding hydrogens is 299 g/mol. The number of aromatic nitrogens is 1. The number of carbonyl (C=O) groups excluding carboxylic acids is 2. The molecule has 0 aliphatic heterocycles. The Labute approximate surface area is 123 Å².